The molecular formula is C24H28N2O7. The van der Waals surface area contributed by atoms with Gasteiger partial charge in [-0.15, -0.1) is 0 Å². The molecule has 0 aliphatic rings. The maximum absolute atomic E-state index is 8.48. The third-order valence-corrected chi connectivity index (χ3v) is 3.99. The molecule has 0 aliphatic carbocycles. The first-order valence-electron chi connectivity index (χ1n) is 10.5. The van der Waals surface area contributed by atoms with Gasteiger partial charge in [-0.3, -0.25) is 0 Å². The van der Waals surface area contributed by atoms with E-state index in [-0.39, 0.29) is 13.2 Å². The van der Waals surface area contributed by atoms with Crippen LogP contribution in [-0.2, 0) is 14.2 Å². The Balaban J connectivity index is 1.36. The smallest absolute Gasteiger partial charge is 0.174 e. The topological polar surface area (TPSA) is 112 Å². The molecule has 0 heterocycles. The number of rotatable bonds is 18. The predicted molar refractivity (Wildman–Crippen MR) is 119 cm³/mol. The van der Waals surface area contributed by atoms with Crippen LogP contribution < -0.4 is 18.9 Å². The van der Waals surface area contributed by atoms with Crippen molar-refractivity contribution >= 4 is 0 Å². The average Bonchev–Trinajstić information content (AvgIpc) is 2.85. The molecule has 0 saturated carbocycles. The van der Waals surface area contributed by atoms with Crippen molar-refractivity contribution in [1.82, 2.24) is 0 Å². The number of hydrogen-bond donors (Lipinski definition) is 0. The highest BCUT2D eigenvalue weighted by Gasteiger charge is 1.98. The number of benzene rings is 2. The molecule has 0 fully saturated rings. The zero-order valence-electron chi connectivity index (χ0n) is 18.4. The predicted octanol–water partition coefficient (Wildman–Crippen LogP) is 3.00. The summed E-state index contributed by atoms with van der Waals surface area (Å²) in [6.07, 6.45) is 0. The van der Waals surface area contributed by atoms with E-state index >= 15 is 0 Å². The van der Waals surface area contributed by atoms with Crippen molar-refractivity contribution in [2.45, 2.75) is 0 Å². The van der Waals surface area contributed by atoms with E-state index in [1.54, 1.807) is 48.5 Å². The van der Waals surface area contributed by atoms with Crippen LogP contribution in [0.1, 0.15) is 0 Å². The molecule has 0 radical (unpaired) electrons. The van der Waals surface area contributed by atoms with E-state index in [1.165, 1.54) is 0 Å². The zero-order valence-corrected chi connectivity index (χ0v) is 18.4. The fraction of sp³-hybridized carbons (Fsp3) is 0.417. The van der Waals surface area contributed by atoms with Gasteiger partial charge in [0.2, 0.25) is 0 Å². The minimum atomic E-state index is 0.0222. The van der Waals surface area contributed by atoms with Gasteiger partial charge in [0.05, 0.1) is 39.6 Å². The van der Waals surface area contributed by atoms with Crippen LogP contribution in [-0.4, -0.2) is 66.1 Å². The molecule has 2 aromatic rings. The molecule has 0 saturated heterocycles. The lowest BCUT2D eigenvalue weighted by Gasteiger charge is -2.09. The molecule has 0 spiro atoms. The highest BCUT2D eigenvalue weighted by atomic mass is 16.6. The Labute approximate surface area is 193 Å². The highest BCUT2D eigenvalue weighted by molar-refractivity contribution is 5.32. The summed E-state index contributed by atoms with van der Waals surface area (Å²) in [4.78, 5) is 0. The summed E-state index contributed by atoms with van der Waals surface area (Å²) in [6.45, 7) is 3.71. The summed E-state index contributed by atoms with van der Waals surface area (Å²) in [6, 6.07) is 18.0. The van der Waals surface area contributed by atoms with E-state index in [2.05, 4.69) is 0 Å². The second-order valence-electron chi connectivity index (χ2n) is 6.37. The van der Waals surface area contributed by atoms with Crippen molar-refractivity contribution in [1.29, 1.82) is 10.5 Å². The molecule has 0 atom stereocenters. The van der Waals surface area contributed by atoms with Gasteiger partial charge < -0.3 is 33.2 Å². The van der Waals surface area contributed by atoms with Crippen molar-refractivity contribution < 1.29 is 33.2 Å². The molecule has 9 nitrogen and oxygen atoms in total. The first-order chi connectivity index (χ1) is 16.3. The number of nitrogens with zero attached hydrogens (tertiary/aromatic N) is 2. The fourth-order valence-corrected chi connectivity index (χ4v) is 2.47. The van der Waals surface area contributed by atoms with Crippen molar-refractivity contribution in [3.05, 3.63) is 48.5 Å². The Morgan fingerprint density at radius 2 is 0.697 bits per heavy atom. The van der Waals surface area contributed by atoms with Crippen LogP contribution >= 0.6 is 0 Å². The van der Waals surface area contributed by atoms with Crippen LogP contribution in [0.25, 0.3) is 0 Å². The molecule has 176 valence electrons. The van der Waals surface area contributed by atoms with Crippen LogP contribution in [0.5, 0.6) is 23.0 Å². The Morgan fingerprint density at radius 3 is 1.00 bits per heavy atom. The molecule has 0 bridgehead atoms. The van der Waals surface area contributed by atoms with E-state index in [0.717, 1.165) is 0 Å². The molecule has 2 aromatic carbocycles. The molecule has 33 heavy (non-hydrogen) atoms. The van der Waals surface area contributed by atoms with Gasteiger partial charge in [0.1, 0.15) is 48.4 Å². The van der Waals surface area contributed by atoms with Gasteiger partial charge in [0, 0.05) is 0 Å². The normalized spacial score (nSPS) is 10.1. The van der Waals surface area contributed by atoms with Gasteiger partial charge in [-0.25, -0.2) is 0 Å². The van der Waals surface area contributed by atoms with Gasteiger partial charge >= 0.3 is 0 Å². The Bertz CT molecular complexity index is 774. The van der Waals surface area contributed by atoms with Crippen LogP contribution in [0, 0.1) is 22.7 Å². The number of ether oxygens (including phenoxy) is 7. The Morgan fingerprint density at radius 1 is 0.424 bits per heavy atom. The molecule has 0 aliphatic heterocycles. The van der Waals surface area contributed by atoms with E-state index < -0.39 is 0 Å². The van der Waals surface area contributed by atoms with Gasteiger partial charge in [0.25, 0.3) is 0 Å². The lowest BCUT2D eigenvalue weighted by atomic mass is 10.3. The van der Waals surface area contributed by atoms with E-state index in [9.17, 15) is 0 Å². The van der Waals surface area contributed by atoms with Crippen LogP contribution in [0.2, 0.25) is 0 Å². The number of hydrogen-bond acceptors (Lipinski definition) is 9. The largest absolute Gasteiger partial charge is 0.491 e. The molecule has 0 aromatic heterocycles. The lowest BCUT2D eigenvalue weighted by molar-refractivity contribution is 0.00498. The maximum atomic E-state index is 8.48. The van der Waals surface area contributed by atoms with Crippen molar-refractivity contribution in [3.63, 3.8) is 0 Å². The molecule has 9 heteroatoms. The summed E-state index contributed by atoms with van der Waals surface area (Å²) in [7, 11) is 0. The zero-order chi connectivity index (χ0) is 23.4. The van der Waals surface area contributed by atoms with E-state index in [4.69, 9.17) is 43.7 Å². The fourth-order valence-electron chi connectivity index (χ4n) is 2.47. The van der Waals surface area contributed by atoms with Crippen LogP contribution in [0.3, 0.4) is 0 Å². The summed E-state index contributed by atoms with van der Waals surface area (Å²) >= 11 is 0. The molecular weight excluding hydrogens is 428 g/mol. The lowest BCUT2D eigenvalue weighted by Crippen LogP contribution is -2.14. The Kier molecular flexibility index (Phi) is 13.3. The molecule has 0 amide bonds. The van der Waals surface area contributed by atoms with Crippen molar-refractivity contribution in [2.24, 2.45) is 0 Å². The quantitative estimate of drug-likeness (QED) is 0.312. The van der Waals surface area contributed by atoms with E-state index in [0.29, 0.717) is 75.9 Å². The minimum Gasteiger partial charge on any atom is -0.491 e. The minimum absolute atomic E-state index is 0.0222. The summed E-state index contributed by atoms with van der Waals surface area (Å²) in [5.41, 5.74) is 0. The SMILES string of the molecule is N#CCOc1ccc(OCCOCCOCCOCCOc2ccc(OCC#N)cc2)cc1. The number of nitriles is 2. The second-order valence-corrected chi connectivity index (χ2v) is 6.37. The van der Waals surface area contributed by atoms with Gasteiger partial charge in [-0.2, -0.15) is 10.5 Å². The van der Waals surface area contributed by atoms with Gasteiger partial charge in [-0.05, 0) is 48.5 Å². The van der Waals surface area contributed by atoms with Crippen LogP contribution in [0.15, 0.2) is 48.5 Å². The first-order valence-corrected chi connectivity index (χ1v) is 10.5. The second kappa shape index (κ2) is 17.1. The van der Waals surface area contributed by atoms with Gasteiger partial charge in [-0.1, -0.05) is 0 Å². The van der Waals surface area contributed by atoms with Crippen LogP contribution in [0.4, 0.5) is 0 Å². The van der Waals surface area contributed by atoms with E-state index in [1.807, 2.05) is 12.1 Å². The Hall–Kier alpha value is -3.50. The summed E-state index contributed by atoms with van der Waals surface area (Å²) in [5, 5.41) is 17.0. The van der Waals surface area contributed by atoms with Gasteiger partial charge in [0.15, 0.2) is 13.2 Å². The first kappa shape index (κ1) is 25.8. The standard InChI is InChI=1S/C24H28N2O7/c25-9-11-30-21-1-5-23(6-2-21)32-19-17-28-15-13-27-14-16-29-18-20-33-24-7-3-22(4-8-24)31-12-10-26/h1-8H,11-20H2. The molecule has 2 rings (SSSR count). The highest BCUT2D eigenvalue weighted by Crippen LogP contribution is 2.18. The third kappa shape index (κ3) is 12.2. The molecule has 0 unspecified atom stereocenters. The van der Waals surface area contributed by atoms with Crippen molar-refractivity contribution in [3.8, 4) is 35.1 Å². The third-order valence-electron chi connectivity index (χ3n) is 3.99. The average molecular weight is 456 g/mol. The monoisotopic (exact) mass is 456 g/mol. The maximum Gasteiger partial charge on any atom is 0.174 e. The molecule has 0 N–H and O–H groups in total. The summed E-state index contributed by atoms with van der Waals surface area (Å²) < 4.78 is 37.9. The van der Waals surface area contributed by atoms with Crippen molar-refractivity contribution in [2.75, 3.05) is 66.1 Å². The summed E-state index contributed by atoms with van der Waals surface area (Å²) in [5.74, 6) is 2.68.